The zero-order valence-corrected chi connectivity index (χ0v) is 8.88. The normalized spacial score (nSPS) is 12.7. The molecule has 2 rings (SSSR count). The Bertz CT molecular complexity index is 425. The molecule has 0 bridgehead atoms. The van der Waals surface area contributed by atoms with Crippen molar-refractivity contribution in [1.82, 2.24) is 0 Å². The molecule has 1 aromatic heterocycles. The van der Waals surface area contributed by atoms with Crippen LogP contribution in [0.3, 0.4) is 0 Å². The van der Waals surface area contributed by atoms with Gasteiger partial charge < -0.3 is 5.11 Å². The molecule has 0 fully saturated rings. The molecule has 0 spiro atoms. The summed E-state index contributed by atoms with van der Waals surface area (Å²) in [5.41, 5.74) is 1.71. The SMILES string of the molecule is OC(Cc1ccsc1)c1cccc(F)c1. The average Bonchev–Trinajstić information content (AvgIpc) is 2.70. The lowest BCUT2D eigenvalue weighted by molar-refractivity contribution is 0.178. The fraction of sp³-hybridized carbons (Fsp3) is 0.167. The summed E-state index contributed by atoms with van der Waals surface area (Å²) in [5, 5.41) is 13.8. The van der Waals surface area contributed by atoms with Crippen molar-refractivity contribution < 1.29 is 9.50 Å². The second kappa shape index (κ2) is 4.55. The van der Waals surface area contributed by atoms with Crippen LogP contribution in [0.4, 0.5) is 4.39 Å². The third-order valence-electron chi connectivity index (χ3n) is 2.24. The third kappa shape index (κ3) is 2.64. The van der Waals surface area contributed by atoms with Crippen molar-refractivity contribution in [3.05, 3.63) is 58.0 Å². The van der Waals surface area contributed by atoms with Crippen LogP contribution in [0, 0.1) is 5.82 Å². The minimum atomic E-state index is -0.629. The van der Waals surface area contributed by atoms with E-state index in [0.717, 1.165) is 5.56 Å². The van der Waals surface area contributed by atoms with Gasteiger partial charge in [0.05, 0.1) is 6.10 Å². The Morgan fingerprint density at radius 2 is 2.20 bits per heavy atom. The van der Waals surface area contributed by atoms with Gasteiger partial charge in [-0.3, -0.25) is 0 Å². The predicted octanol–water partition coefficient (Wildman–Crippen LogP) is 3.16. The molecule has 3 heteroatoms. The van der Waals surface area contributed by atoms with Gasteiger partial charge >= 0.3 is 0 Å². The van der Waals surface area contributed by atoms with Gasteiger partial charge in [-0.1, -0.05) is 12.1 Å². The van der Waals surface area contributed by atoms with Crippen molar-refractivity contribution in [3.8, 4) is 0 Å². The van der Waals surface area contributed by atoms with Crippen molar-refractivity contribution >= 4 is 11.3 Å². The maximum absolute atomic E-state index is 12.9. The summed E-state index contributed by atoms with van der Waals surface area (Å²) in [6.07, 6.45) is -0.0947. The van der Waals surface area contributed by atoms with Gasteiger partial charge in [0.2, 0.25) is 0 Å². The molecular formula is C12H11FOS. The van der Waals surface area contributed by atoms with Crippen molar-refractivity contribution in [2.24, 2.45) is 0 Å². The van der Waals surface area contributed by atoms with E-state index in [9.17, 15) is 9.50 Å². The van der Waals surface area contributed by atoms with Gasteiger partial charge in [-0.2, -0.15) is 11.3 Å². The summed E-state index contributed by atoms with van der Waals surface area (Å²) >= 11 is 1.59. The Kier molecular flexibility index (Phi) is 3.14. The maximum Gasteiger partial charge on any atom is 0.123 e. The monoisotopic (exact) mass is 222 g/mol. The molecule has 0 aliphatic carbocycles. The van der Waals surface area contributed by atoms with Crippen LogP contribution in [0.25, 0.3) is 0 Å². The van der Waals surface area contributed by atoms with Crippen molar-refractivity contribution in [2.45, 2.75) is 12.5 Å². The smallest absolute Gasteiger partial charge is 0.123 e. The second-order valence-corrected chi connectivity index (χ2v) is 4.19. The first-order valence-electron chi connectivity index (χ1n) is 4.70. The highest BCUT2D eigenvalue weighted by atomic mass is 32.1. The van der Waals surface area contributed by atoms with Crippen LogP contribution in [0.15, 0.2) is 41.1 Å². The van der Waals surface area contributed by atoms with Crippen LogP contribution in [0.2, 0.25) is 0 Å². The van der Waals surface area contributed by atoms with Gasteiger partial charge in [-0.25, -0.2) is 4.39 Å². The molecule has 0 amide bonds. The maximum atomic E-state index is 12.9. The Balaban J connectivity index is 2.11. The Labute approximate surface area is 91.8 Å². The molecular weight excluding hydrogens is 211 g/mol. The van der Waals surface area contributed by atoms with E-state index in [-0.39, 0.29) is 5.82 Å². The molecule has 1 N–H and O–H groups in total. The molecule has 0 aliphatic heterocycles. The van der Waals surface area contributed by atoms with E-state index in [4.69, 9.17) is 0 Å². The number of rotatable bonds is 3. The van der Waals surface area contributed by atoms with Crippen LogP contribution in [-0.4, -0.2) is 5.11 Å². The van der Waals surface area contributed by atoms with Crippen LogP contribution in [0.1, 0.15) is 17.2 Å². The zero-order chi connectivity index (χ0) is 10.7. The minimum Gasteiger partial charge on any atom is -0.388 e. The van der Waals surface area contributed by atoms with Gasteiger partial charge in [0.15, 0.2) is 0 Å². The van der Waals surface area contributed by atoms with Crippen LogP contribution < -0.4 is 0 Å². The Morgan fingerprint density at radius 3 is 2.87 bits per heavy atom. The molecule has 2 aromatic rings. The molecule has 0 saturated heterocycles. The molecule has 1 aromatic carbocycles. The van der Waals surface area contributed by atoms with Crippen molar-refractivity contribution in [3.63, 3.8) is 0 Å². The van der Waals surface area contributed by atoms with Gasteiger partial charge in [0.25, 0.3) is 0 Å². The van der Waals surface area contributed by atoms with E-state index in [1.807, 2.05) is 16.8 Å². The first-order chi connectivity index (χ1) is 7.25. The topological polar surface area (TPSA) is 20.2 Å². The largest absolute Gasteiger partial charge is 0.388 e. The standard InChI is InChI=1S/C12H11FOS/c13-11-3-1-2-10(7-11)12(14)6-9-4-5-15-8-9/h1-5,7-8,12,14H,6H2. The lowest BCUT2D eigenvalue weighted by Crippen LogP contribution is -2.01. The van der Waals surface area contributed by atoms with E-state index >= 15 is 0 Å². The number of hydrogen-bond donors (Lipinski definition) is 1. The van der Waals surface area contributed by atoms with Crippen LogP contribution in [0.5, 0.6) is 0 Å². The second-order valence-electron chi connectivity index (χ2n) is 3.41. The average molecular weight is 222 g/mol. The molecule has 1 nitrogen and oxygen atoms in total. The van der Waals surface area contributed by atoms with E-state index < -0.39 is 6.10 Å². The highest BCUT2D eigenvalue weighted by molar-refractivity contribution is 7.07. The summed E-state index contributed by atoms with van der Waals surface area (Å²) in [7, 11) is 0. The molecule has 1 heterocycles. The fourth-order valence-corrected chi connectivity index (χ4v) is 2.15. The van der Waals surface area contributed by atoms with Gasteiger partial charge in [0, 0.05) is 6.42 Å². The zero-order valence-electron chi connectivity index (χ0n) is 8.06. The summed E-state index contributed by atoms with van der Waals surface area (Å²) in [6, 6.07) is 8.06. The Morgan fingerprint density at radius 1 is 1.33 bits per heavy atom. The van der Waals surface area contributed by atoms with Gasteiger partial charge in [-0.15, -0.1) is 0 Å². The highest BCUT2D eigenvalue weighted by Crippen LogP contribution is 2.20. The van der Waals surface area contributed by atoms with E-state index in [1.54, 1.807) is 23.5 Å². The number of thiophene rings is 1. The summed E-state index contributed by atoms with van der Waals surface area (Å²) in [4.78, 5) is 0. The van der Waals surface area contributed by atoms with E-state index in [1.165, 1.54) is 12.1 Å². The molecule has 0 saturated carbocycles. The third-order valence-corrected chi connectivity index (χ3v) is 2.97. The summed E-state index contributed by atoms with van der Waals surface area (Å²) < 4.78 is 12.9. The number of halogens is 1. The van der Waals surface area contributed by atoms with Crippen molar-refractivity contribution in [2.75, 3.05) is 0 Å². The molecule has 78 valence electrons. The quantitative estimate of drug-likeness (QED) is 0.845. The summed E-state index contributed by atoms with van der Waals surface area (Å²) in [6.45, 7) is 0. The molecule has 1 unspecified atom stereocenters. The molecule has 0 radical (unpaired) electrons. The highest BCUT2D eigenvalue weighted by Gasteiger charge is 2.09. The van der Waals surface area contributed by atoms with Gasteiger partial charge in [0.1, 0.15) is 5.82 Å². The number of benzene rings is 1. The fourth-order valence-electron chi connectivity index (χ4n) is 1.46. The van der Waals surface area contributed by atoms with Crippen LogP contribution >= 0.6 is 11.3 Å². The van der Waals surface area contributed by atoms with E-state index in [2.05, 4.69) is 0 Å². The number of aliphatic hydroxyl groups excluding tert-OH is 1. The first kappa shape index (κ1) is 10.3. The molecule has 1 atom stereocenters. The lowest BCUT2D eigenvalue weighted by Gasteiger charge is -2.09. The number of hydrogen-bond acceptors (Lipinski definition) is 2. The van der Waals surface area contributed by atoms with Crippen LogP contribution in [-0.2, 0) is 6.42 Å². The number of aliphatic hydroxyl groups is 1. The molecule has 0 aliphatic rings. The molecule has 15 heavy (non-hydrogen) atoms. The Hall–Kier alpha value is -1.19. The van der Waals surface area contributed by atoms with Gasteiger partial charge in [-0.05, 0) is 40.1 Å². The first-order valence-corrected chi connectivity index (χ1v) is 5.64. The predicted molar refractivity (Wildman–Crippen MR) is 59.4 cm³/mol. The summed E-state index contributed by atoms with van der Waals surface area (Å²) in [5.74, 6) is -0.308. The lowest BCUT2D eigenvalue weighted by atomic mass is 10.0. The minimum absolute atomic E-state index is 0.308. The van der Waals surface area contributed by atoms with E-state index in [0.29, 0.717) is 12.0 Å². The van der Waals surface area contributed by atoms with Crippen molar-refractivity contribution in [1.29, 1.82) is 0 Å².